The maximum absolute atomic E-state index is 14.2. The monoisotopic (exact) mass is 501 g/mol. The molecule has 0 bridgehead atoms. The molecular formula is C20H20BrF4N5O. The third-order valence-corrected chi connectivity index (χ3v) is 5.92. The highest BCUT2D eigenvalue weighted by Crippen LogP contribution is 2.37. The summed E-state index contributed by atoms with van der Waals surface area (Å²) < 4.78 is 61.1. The molecule has 1 fully saturated rings. The number of fused-ring (bicyclic) bond motifs is 1. The molecule has 0 amide bonds. The minimum Gasteiger partial charge on any atom is -0.472 e. The van der Waals surface area contributed by atoms with Gasteiger partial charge in [-0.25, -0.2) is 14.4 Å². The second-order valence-corrected chi connectivity index (χ2v) is 8.13. The third-order valence-electron chi connectivity index (χ3n) is 5.34. The Hall–Kier alpha value is -2.43. The maximum atomic E-state index is 14.2. The van der Waals surface area contributed by atoms with Gasteiger partial charge in [-0.3, -0.25) is 4.68 Å². The summed E-state index contributed by atoms with van der Waals surface area (Å²) in [5.74, 6) is -1.32. The molecule has 1 aliphatic rings. The molecule has 3 aromatic heterocycles. The third kappa shape index (κ3) is 4.46. The Kier molecular flexibility index (Phi) is 6.05. The van der Waals surface area contributed by atoms with E-state index in [0.717, 1.165) is 29.5 Å². The van der Waals surface area contributed by atoms with E-state index < -0.39 is 29.5 Å². The van der Waals surface area contributed by atoms with Gasteiger partial charge in [-0.15, -0.1) is 0 Å². The number of hydrogen-bond acceptors (Lipinski definition) is 5. The van der Waals surface area contributed by atoms with Gasteiger partial charge in [0, 0.05) is 25.0 Å². The molecule has 31 heavy (non-hydrogen) atoms. The predicted molar refractivity (Wildman–Crippen MR) is 111 cm³/mol. The molecule has 6 nitrogen and oxygen atoms in total. The number of pyridine rings is 2. The number of nitrogens with zero attached hydrogens (tertiary/aromatic N) is 4. The van der Waals surface area contributed by atoms with Crippen molar-refractivity contribution >= 4 is 32.7 Å². The first-order valence-electron chi connectivity index (χ1n) is 9.94. The summed E-state index contributed by atoms with van der Waals surface area (Å²) >= 11 is 3.48. The summed E-state index contributed by atoms with van der Waals surface area (Å²) in [6, 6.07) is 2.64. The molecule has 4 rings (SSSR count). The molecule has 0 unspecified atom stereocenters. The van der Waals surface area contributed by atoms with Gasteiger partial charge >= 0.3 is 6.18 Å². The highest BCUT2D eigenvalue weighted by atomic mass is 79.9. The molecule has 11 heteroatoms. The lowest BCUT2D eigenvalue weighted by Crippen LogP contribution is -2.27. The van der Waals surface area contributed by atoms with Crippen molar-refractivity contribution in [2.45, 2.75) is 50.9 Å². The van der Waals surface area contributed by atoms with E-state index in [0.29, 0.717) is 36.4 Å². The SMILES string of the molecule is CCNc1cc2c(cn1)c(Br)nn2C1CCC(Oc2nccc(C(F)(F)F)c2F)CC1. The molecule has 0 spiro atoms. The van der Waals surface area contributed by atoms with E-state index in [4.69, 9.17) is 4.74 Å². The van der Waals surface area contributed by atoms with Gasteiger partial charge in [0.2, 0.25) is 0 Å². The van der Waals surface area contributed by atoms with E-state index in [1.807, 2.05) is 17.7 Å². The fourth-order valence-corrected chi connectivity index (χ4v) is 4.32. The minimum absolute atomic E-state index is 0.0878. The number of ether oxygens (including phenoxy) is 1. The Bertz CT molecular complexity index is 1080. The van der Waals surface area contributed by atoms with Crippen LogP contribution in [0.2, 0.25) is 0 Å². The molecule has 1 aliphatic carbocycles. The lowest BCUT2D eigenvalue weighted by atomic mass is 9.93. The lowest BCUT2D eigenvalue weighted by Gasteiger charge is -2.29. The number of aromatic nitrogens is 4. The lowest BCUT2D eigenvalue weighted by molar-refractivity contribution is -0.140. The van der Waals surface area contributed by atoms with E-state index in [-0.39, 0.29) is 6.04 Å². The van der Waals surface area contributed by atoms with Crippen LogP contribution in [0.1, 0.15) is 44.2 Å². The topological polar surface area (TPSA) is 64.9 Å². The fourth-order valence-electron chi connectivity index (χ4n) is 3.84. The first-order valence-corrected chi connectivity index (χ1v) is 10.7. The van der Waals surface area contributed by atoms with Crippen LogP contribution < -0.4 is 10.1 Å². The van der Waals surface area contributed by atoms with E-state index in [2.05, 4.69) is 36.3 Å². The molecule has 166 valence electrons. The van der Waals surface area contributed by atoms with Gasteiger partial charge in [0.25, 0.3) is 5.88 Å². The van der Waals surface area contributed by atoms with E-state index in [1.54, 1.807) is 6.20 Å². The Balaban J connectivity index is 1.48. The smallest absolute Gasteiger partial charge is 0.419 e. The van der Waals surface area contributed by atoms with Crippen molar-refractivity contribution < 1.29 is 22.3 Å². The van der Waals surface area contributed by atoms with Gasteiger partial charge in [-0.05, 0) is 54.6 Å². The highest BCUT2D eigenvalue weighted by Gasteiger charge is 2.36. The molecule has 1 N–H and O–H groups in total. The van der Waals surface area contributed by atoms with Crippen LogP contribution in [-0.2, 0) is 6.18 Å². The van der Waals surface area contributed by atoms with Crippen LogP contribution in [0, 0.1) is 5.82 Å². The molecule has 0 radical (unpaired) electrons. The molecule has 0 aromatic carbocycles. The average molecular weight is 502 g/mol. The minimum atomic E-state index is -4.79. The quantitative estimate of drug-likeness (QED) is 0.451. The van der Waals surface area contributed by atoms with Crippen molar-refractivity contribution in [3.05, 3.63) is 40.5 Å². The average Bonchev–Trinajstić information content (AvgIpc) is 3.05. The van der Waals surface area contributed by atoms with Gasteiger partial charge in [-0.2, -0.15) is 18.3 Å². The molecule has 0 aliphatic heterocycles. The van der Waals surface area contributed by atoms with Gasteiger partial charge in [-0.1, -0.05) is 0 Å². The van der Waals surface area contributed by atoms with Gasteiger partial charge in [0.1, 0.15) is 16.5 Å². The predicted octanol–water partition coefficient (Wildman–Crippen LogP) is 5.74. The van der Waals surface area contributed by atoms with E-state index >= 15 is 0 Å². The zero-order chi connectivity index (χ0) is 22.2. The number of halogens is 5. The standard InChI is InChI=1S/C20H20BrF4N5O/c1-2-26-16-9-15-13(10-28-16)18(21)29-30(15)11-3-5-12(6-4-11)31-19-17(22)14(7-8-27-19)20(23,24)25/h7-12H,2-6H2,1H3,(H,26,28). The molecule has 3 heterocycles. The first-order chi connectivity index (χ1) is 14.8. The summed E-state index contributed by atoms with van der Waals surface area (Å²) in [6.45, 7) is 2.73. The second-order valence-electron chi connectivity index (χ2n) is 7.38. The number of hydrogen-bond donors (Lipinski definition) is 1. The zero-order valence-corrected chi connectivity index (χ0v) is 18.2. The van der Waals surface area contributed by atoms with Crippen LogP contribution in [0.15, 0.2) is 29.1 Å². The van der Waals surface area contributed by atoms with Crippen LogP contribution in [0.4, 0.5) is 23.4 Å². The summed E-state index contributed by atoms with van der Waals surface area (Å²) in [4.78, 5) is 8.03. The van der Waals surface area contributed by atoms with E-state index in [1.165, 1.54) is 0 Å². The van der Waals surface area contributed by atoms with Crippen LogP contribution in [0.25, 0.3) is 10.9 Å². The van der Waals surface area contributed by atoms with Crippen LogP contribution in [-0.4, -0.2) is 32.4 Å². The van der Waals surface area contributed by atoms with Crippen LogP contribution >= 0.6 is 15.9 Å². The number of nitrogens with one attached hydrogen (secondary N) is 1. The maximum Gasteiger partial charge on any atom is 0.419 e. The second kappa shape index (κ2) is 8.60. The fraction of sp³-hybridized carbons (Fsp3) is 0.450. The number of alkyl halides is 3. The Labute approximate surface area is 184 Å². The molecule has 0 saturated heterocycles. The number of rotatable bonds is 5. The van der Waals surface area contributed by atoms with Crippen molar-refractivity contribution in [2.24, 2.45) is 0 Å². The highest BCUT2D eigenvalue weighted by molar-refractivity contribution is 9.10. The Morgan fingerprint density at radius 2 is 1.97 bits per heavy atom. The summed E-state index contributed by atoms with van der Waals surface area (Å²) in [5, 5.41) is 8.69. The molecule has 3 aromatic rings. The largest absolute Gasteiger partial charge is 0.472 e. The summed E-state index contributed by atoms with van der Waals surface area (Å²) in [7, 11) is 0. The van der Waals surface area contributed by atoms with Crippen molar-refractivity contribution in [1.82, 2.24) is 19.7 Å². The zero-order valence-electron chi connectivity index (χ0n) is 16.6. The van der Waals surface area contributed by atoms with Crippen molar-refractivity contribution in [3.63, 3.8) is 0 Å². The first kappa shape index (κ1) is 21.8. The Morgan fingerprint density at radius 1 is 1.23 bits per heavy atom. The number of anilines is 1. The van der Waals surface area contributed by atoms with Crippen molar-refractivity contribution in [3.8, 4) is 5.88 Å². The molecule has 0 atom stereocenters. The normalized spacial score (nSPS) is 19.5. The van der Waals surface area contributed by atoms with Gasteiger partial charge < -0.3 is 10.1 Å². The summed E-state index contributed by atoms with van der Waals surface area (Å²) in [6.07, 6.45) is -0.0593. The summed E-state index contributed by atoms with van der Waals surface area (Å²) in [5.41, 5.74) is -0.433. The Morgan fingerprint density at radius 3 is 2.65 bits per heavy atom. The van der Waals surface area contributed by atoms with Crippen LogP contribution in [0.5, 0.6) is 5.88 Å². The molecule has 1 saturated carbocycles. The van der Waals surface area contributed by atoms with Gasteiger partial charge in [0.15, 0.2) is 5.82 Å². The molecular weight excluding hydrogens is 482 g/mol. The van der Waals surface area contributed by atoms with Crippen molar-refractivity contribution in [1.29, 1.82) is 0 Å². The van der Waals surface area contributed by atoms with Gasteiger partial charge in [0.05, 0.1) is 22.5 Å². The van der Waals surface area contributed by atoms with Crippen molar-refractivity contribution in [2.75, 3.05) is 11.9 Å². The van der Waals surface area contributed by atoms with E-state index in [9.17, 15) is 17.6 Å². The van der Waals surface area contributed by atoms with Crippen LogP contribution in [0.3, 0.4) is 0 Å².